The Balaban J connectivity index is 3.27. The Hall–Kier alpha value is -1.67. The number of benzene rings is 1. The molecule has 4 N–H and O–H groups in total. The highest BCUT2D eigenvalue weighted by Crippen LogP contribution is 2.32. The Morgan fingerprint density at radius 1 is 1.27 bits per heavy atom. The molecule has 0 aliphatic rings. The fraction of sp³-hybridized carbons (Fsp3) is 0.200. The lowest BCUT2D eigenvalue weighted by Gasteiger charge is -2.09. The van der Waals surface area contributed by atoms with E-state index in [9.17, 15) is 13.2 Å². The Morgan fingerprint density at radius 2 is 1.93 bits per heavy atom. The predicted molar refractivity (Wildman–Crippen MR) is 51.8 cm³/mol. The van der Waals surface area contributed by atoms with Crippen molar-refractivity contribution in [3.05, 3.63) is 29.3 Å². The van der Waals surface area contributed by atoms with E-state index in [2.05, 4.69) is 11.8 Å². The van der Waals surface area contributed by atoms with Crippen LogP contribution >= 0.6 is 0 Å². The van der Waals surface area contributed by atoms with Gasteiger partial charge < -0.3 is 11.5 Å². The fourth-order valence-corrected chi connectivity index (χ4v) is 1.05. The summed E-state index contributed by atoms with van der Waals surface area (Å²) >= 11 is 0. The van der Waals surface area contributed by atoms with Crippen LogP contribution in [0.5, 0.6) is 0 Å². The van der Waals surface area contributed by atoms with Gasteiger partial charge in [0.15, 0.2) is 0 Å². The molecule has 0 aromatic heterocycles. The van der Waals surface area contributed by atoms with E-state index in [1.807, 2.05) is 0 Å². The minimum absolute atomic E-state index is 0.0155. The molecule has 0 saturated carbocycles. The molecule has 0 heterocycles. The Kier molecular flexibility index (Phi) is 3.22. The van der Waals surface area contributed by atoms with Crippen LogP contribution in [0.15, 0.2) is 18.2 Å². The first kappa shape index (κ1) is 11.4. The third-order valence-corrected chi connectivity index (χ3v) is 1.67. The van der Waals surface area contributed by atoms with Gasteiger partial charge in [-0.25, -0.2) is 0 Å². The van der Waals surface area contributed by atoms with Crippen LogP contribution in [0.4, 0.5) is 18.9 Å². The SMILES string of the molecule is NCC#Cc1ccc(N)cc1C(F)(F)F. The second-order valence-corrected chi connectivity index (χ2v) is 2.81. The normalized spacial score (nSPS) is 10.7. The summed E-state index contributed by atoms with van der Waals surface area (Å²) in [6, 6.07) is 3.47. The number of rotatable bonds is 0. The molecule has 0 fully saturated rings. The van der Waals surface area contributed by atoms with Gasteiger partial charge in [-0.15, -0.1) is 0 Å². The van der Waals surface area contributed by atoms with Crippen LogP contribution < -0.4 is 11.5 Å². The number of hydrogen-bond donors (Lipinski definition) is 2. The number of anilines is 1. The van der Waals surface area contributed by atoms with Crippen molar-refractivity contribution in [3.8, 4) is 11.8 Å². The lowest BCUT2D eigenvalue weighted by Crippen LogP contribution is -2.08. The molecule has 0 unspecified atom stereocenters. The van der Waals surface area contributed by atoms with Gasteiger partial charge in [-0.2, -0.15) is 13.2 Å². The van der Waals surface area contributed by atoms with Gasteiger partial charge in [0.25, 0.3) is 0 Å². The summed E-state index contributed by atoms with van der Waals surface area (Å²) < 4.78 is 37.5. The van der Waals surface area contributed by atoms with Crippen molar-refractivity contribution in [3.63, 3.8) is 0 Å². The standard InChI is InChI=1S/C10H9F3N2/c11-10(12,13)9-6-8(15)4-3-7(9)2-1-5-14/h3-4,6H,5,14-15H2. The maximum Gasteiger partial charge on any atom is 0.417 e. The molecule has 2 nitrogen and oxygen atoms in total. The van der Waals surface area contributed by atoms with E-state index in [0.29, 0.717) is 0 Å². The number of nitrogen functional groups attached to an aromatic ring is 1. The third-order valence-electron chi connectivity index (χ3n) is 1.67. The molecule has 0 bridgehead atoms. The zero-order valence-corrected chi connectivity index (χ0v) is 7.73. The number of halogens is 3. The molecular formula is C10H9F3N2. The van der Waals surface area contributed by atoms with E-state index < -0.39 is 11.7 Å². The van der Waals surface area contributed by atoms with Crippen LogP contribution in [0.2, 0.25) is 0 Å². The highest BCUT2D eigenvalue weighted by Gasteiger charge is 2.33. The molecular weight excluding hydrogens is 205 g/mol. The summed E-state index contributed by atoms with van der Waals surface area (Å²) in [6.07, 6.45) is -4.45. The van der Waals surface area contributed by atoms with E-state index in [-0.39, 0.29) is 17.8 Å². The predicted octanol–water partition coefficient (Wildman–Crippen LogP) is 1.60. The number of alkyl halides is 3. The van der Waals surface area contributed by atoms with Crippen molar-refractivity contribution in [1.82, 2.24) is 0 Å². The second kappa shape index (κ2) is 4.24. The monoisotopic (exact) mass is 214 g/mol. The fourth-order valence-electron chi connectivity index (χ4n) is 1.05. The maximum atomic E-state index is 12.5. The van der Waals surface area contributed by atoms with Gasteiger partial charge in [0, 0.05) is 11.3 Å². The van der Waals surface area contributed by atoms with E-state index in [4.69, 9.17) is 11.5 Å². The summed E-state index contributed by atoms with van der Waals surface area (Å²) in [4.78, 5) is 0. The van der Waals surface area contributed by atoms with Gasteiger partial charge >= 0.3 is 6.18 Å². The van der Waals surface area contributed by atoms with Crippen LogP contribution in [0.25, 0.3) is 0 Å². The smallest absolute Gasteiger partial charge is 0.399 e. The molecule has 0 aliphatic heterocycles. The van der Waals surface area contributed by atoms with Crippen LogP contribution in [0, 0.1) is 11.8 Å². The van der Waals surface area contributed by atoms with Crippen LogP contribution in [0.1, 0.15) is 11.1 Å². The maximum absolute atomic E-state index is 12.5. The summed E-state index contributed by atoms with van der Waals surface area (Å²) in [5, 5.41) is 0. The van der Waals surface area contributed by atoms with Crippen molar-refractivity contribution in [2.24, 2.45) is 5.73 Å². The van der Waals surface area contributed by atoms with E-state index in [1.54, 1.807) is 0 Å². The highest BCUT2D eigenvalue weighted by atomic mass is 19.4. The van der Waals surface area contributed by atoms with Crippen molar-refractivity contribution in [2.45, 2.75) is 6.18 Å². The Bertz CT molecular complexity index is 413. The number of nitrogens with two attached hydrogens (primary N) is 2. The first-order valence-electron chi connectivity index (χ1n) is 4.11. The highest BCUT2D eigenvalue weighted by molar-refractivity contribution is 5.51. The summed E-state index contributed by atoms with van der Waals surface area (Å²) in [6.45, 7) is 0.0155. The van der Waals surface area contributed by atoms with Gasteiger partial charge in [-0.05, 0) is 18.2 Å². The van der Waals surface area contributed by atoms with Gasteiger partial charge in [-0.1, -0.05) is 11.8 Å². The topological polar surface area (TPSA) is 52.0 Å². The quantitative estimate of drug-likeness (QED) is 0.509. The lowest BCUT2D eigenvalue weighted by molar-refractivity contribution is -0.137. The Labute approximate surface area is 85.1 Å². The van der Waals surface area contributed by atoms with Gasteiger partial charge in [0.1, 0.15) is 0 Å². The van der Waals surface area contributed by atoms with Crippen molar-refractivity contribution in [1.29, 1.82) is 0 Å². The molecule has 1 rings (SSSR count). The molecule has 1 aromatic carbocycles. The average Bonchev–Trinajstić information content (AvgIpc) is 2.14. The van der Waals surface area contributed by atoms with E-state index >= 15 is 0 Å². The zero-order valence-electron chi connectivity index (χ0n) is 7.73. The van der Waals surface area contributed by atoms with Crippen molar-refractivity contribution >= 4 is 5.69 Å². The molecule has 0 spiro atoms. The molecule has 0 aliphatic carbocycles. The third kappa shape index (κ3) is 2.89. The molecule has 80 valence electrons. The largest absolute Gasteiger partial charge is 0.417 e. The minimum atomic E-state index is -4.45. The zero-order chi connectivity index (χ0) is 11.5. The van der Waals surface area contributed by atoms with Crippen LogP contribution in [-0.2, 0) is 6.18 Å². The molecule has 15 heavy (non-hydrogen) atoms. The van der Waals surface area contributed by atoms with Gasteiger partial charge in [0.2, 0.25) is 0 Å². The second-order valence-electron chi connectivity index (χ2n) is 2.81. The molecule has 5 heteroatoms. The molecule has 0 atom stereocenters. The first-order chi connectivity index (χ1) is 6.95. The van der Waals surface area contributed by atoms with E-state index in [0.717, 1.165) is 6.07 Å². The molecule has 0 amide bonds. The summed E-state index contributed by atoms with van der Waals surface area (Å²) in [7, 11) is 0. The summed E-state index contributed by atoms with van der Waals surface area (Å²) in [5.74, 6) is 4.73. The first-order valence-corrected chi connectivity index (χ1v) is 4.11. The summed E-state index contributed by atoms with van der Waals surface area (Å²) in [5.41, 5.74) is 9.48. The van der Waals surface area contributed by atoms with Gasteiger partial charge in [-0.3, -0.25) is 0 Å². The van der Waals surface area contributed by atoms with E-state index in [1.165, 1.54) is 12.1 Å². The molecule has 0 saturated heterocycles. The average molecular weight is 214 g/mol. The lowest BCUT2D eigenvalue weighted by atomic mass is 10.1. The van der Waals surface area contributed by atoms with Crippen LogP contribution in [0.3, 0.4) is 0 Å². The minimum Gasteiger partial charge on any atom is -0.399 e. The Morgan fingerprint density at radius 3 is 2.47 bits per heavy atom. The number of hydrogen-bond acceptors (Lipinski definition) is 2. The van der Waals surface area contributed by atoms with Crippen molar-refractivity contribution in [2.75, 3.05) is 12.3 Å². The van der Waals surface area contributed by atoms with Gasteiger partial charge in [0.05, 0.1) is 12.1 Å². The molecule has 1 aromatic rings. The van der Waals surface area contributed by atoms with Crippen LogP contribution in [-0.4, -0.2) is 6.54 Å². The molecule has 0 radical (unpaired) electrons. The van der Waals surface area contributed by atoms with Crippen molar-refractivity contribution < 1.29 is 13.2 Å².